The molecule has 1 saturated carbocycles. The summed E-state index contributed by atoms with van der Waals surface area (Å²) in [4.78, 5) is 51.2. The molecule has 0 bridgehead atoms. The molecule has 614 valence electrons. The third-order valence-electron chi connectivity index (χ3n) is 20.9. The predicted molar refractivity (Wildman–Crippen MR) is 398 cm³/mol. The van der Waals surface area contributed by atoms with Gasteiger partial charge in [-0.1, -0.05) is 316 Å². The first-order valence-electron chi connectivity index (χ1n) is 41.8. The Hall–Kier alpha value is -2.04. The molecule has 2 saturated heterocycles. The van der Waals surface area contributed by atoms with E-state index in [2.05, 4.69) is 20.8 Å². The summed E-state index contributed by atoms with van der Waals surface area (Å²) in [6.45, 7) is 3.53. The van der Waals surface area contributed by atoms with Gasteiger partial charge >= 0.3 is 25.7 Å². The van der Waals surface area contributed by atoms with Gasteiger partial charge in [-0.05, 0) is 19.3 Å². The van der Waals surface area contributed by atoms with E-state index in [9.17, 15) is 74.9 Å². The highest BCUT2D eigenvalue weighted by molar-refractivity contribution is 7.47. The smallest absolute Gasteiger partial charge is 0.463 e. The van der Waals surface area contributed by atoms with Crippen molar-refractivity contribution in [3.8, 4) is 0 Å². The van der Waals surface area contributed by atoms with Crippen LogP contribution in [0.3, 0.4) is 0 Å². The normalized spacial score (nSPS) is 26.7. The number of hydrogen-bond donors (Lipinski definition) is 11. The fourth-order valence-corrected chi connectivity index (χ4v) is 15.1. The van der Waals surface area contributed by atoms with Crippen molar-refractivity contribution in [3.63, 3.8) is 0 Å². The molecule has 0 aromatic carbocycles. The molecular formula is C79H149O24P. The van der Waals surface area contributed by atoms with E-state index in [0.717, 1.165) is 89.9 Å². The first kappa shape index (κ1) is 96.2. The second kappa shape index (κ2) is 60.7. The molecule has 1 aliphatic carbocycles. The molecule has 11 N–H and O–H groups in total. The molecule has 18 atom stereocenters. The third kappa shape index (κ3) is 42.4. The molecule has 25 heteroatoms. The summed E-state index contributed by atoms with van der Waals surface area (Å²) in [6, 6.07) is 0. The van der Waals surface area contributed by atoms with Crippen molar-refractivity contribution in [2.75, 3.05) is 26.4 Å². The van der Waals surface area contributed by atoms with Crippen molar-refractivity contribution in [2.24, 2.45) is 0 Å². The van der Waals surface area contributed by atoms with Crippen LogP contribution in [0, 0.1) is 0 Å². The Morgan fingerprint density at radius 3 is 0.942 bits per heavy atom. The van der Waals surface area contributed by atoms with Crippen molar-refractivity contribution in [1.82, 2.24) is 0 Å². The molecule has 3 fully saturated rings. The lowest BCUT2D eigenvalue weighted by molar-refractivity contribution is -0.360. The lowest BCUT2D eigenvalue weighted by Crippen LogP contribution is -2.69. The Bertz CT molecular complexity index is 2130. The van der Waals surface area contributed by atoms with Crippen LogP contribution in [0.4, 0.5) is 0 Å². The highest BCUT2D eigenvalue weighted by Gasteiger charge is 2.58. The van der Waals surface area contributed by atoms with Crippen LogP contribution in [0.15, 0.2) is 0 Å². The van der Waals surface area contributed by atoms with E-state index in [0.29, 0.717) is 19.3 Å². The van der Waals surface area contributed by atoms with Gasteiger partial charge in [0.2, 0.25) is 0 Å². The monoisotopic (exact) mass is 1510 g/mol. The Balaban J connectivity index is 1.68. The molecular weight excluding hydrogens is 1360 g/mol. The van der Waals surface area contributed by atoms with Gasteiger partial charge in [-0.2, -0.15) is 0 Å². The highest BCUT2D eigenvalue weighted by Crippen LogP contribution is 2.49. The molecule has 104 heavy (non-hydrogen) atoms. The van der Waals surface area contributed by atoms with Gasteiger partial charge in [-0.15, -0.1) is 0 Å². The molecule has 2 aliphatic heterocycles. The summed E-state index contributed by atoms with van der Waals surface area (Å²) < 4.78 is 65.3. The van der Waals surface area contributed by atoms with Crippen molar-refractivity contribution >= 4 is 25.7 Å². The van der Waals surface area contributed by atoms with Crippen molar-refractivity contribution in [1.29, 1.82) is 0 Å². The standard InChI is InChI=1S/C79H149O24P/c1-4-7-10-13-16-19-22-25-28-30-33-35-38-41-44-47-50-53-63(81)95-57-60(98-65(83)55-52-49-46-43-40-37-32-27-24-21-18-15-12-9-6-3)58-97-104(93,94)103-77-75(101-78-73(91)68(86)66(84)61(56-80)99-78)71(89)70(88)72(90)76(77)102-79-74(92)69(87)67(85)62(100-79)59-96-64(82)54-51-48-45-42-39-36-34-31-29-26-23-20-17-14-11-8-5-2/h60-62,66-80,84-92H,4-59H2,1-3H3,(H,93,94). The molecule has 0 aromatic rings. The maximum absolute atomic E-state index is 14.4. The summed E-state index contributed by atoms with van der Waals surface area (Å²) in [6.07, 6.45) is 21.2. The molecule has 0 amide bonds. The summed E-state index contributed by atoms with van der Waals surface area (Å²) in [7, 11) is -5.70. The van der Waals surface area contributed by atoms with Crippen molar-refractivity contribution < 1.29 is 117 Å². The van der Waals surface area contributed by atoms with Crippen molar-refractivity contribution in [2.45, 2.75) is 459 Å². The van der Waals surface area contributed by atoms with Crippen LogP contribution in [-0.4, -0.2) is 204 Å². The Morgan fingerprint density at radius 1 is 0.337 bits per heavy atom. The van der Waals surface area contributed by atoms with Gasteiger partial charge in [-0.25, -0.2) is 4.57 Å². The molecule has 0 aromatic heterocycles. The minimum Gasteiger partial charge on any atom is -0.463 e. The number of phosphoric acid groups is 1. The quantitative estimate of drug-likeness (QED) is 0.0117. The highest BCUT2D eigenvalue weighted by atomic mass is 31.2. The number of esters is 3. The number of unbranched alkanes of at least 4 members (excludes halogenated alkanes) is 46. The van der Waals surface area contributed by atoms with Crippen LogP contribution in [0.2, 0.25) is 0 Å². The molecule has 2 heterocycles. The van der Waals surface area contributed by atoms with Crippen LogP contribution in [0.5, 0.6) is 0 Å². The van der Waals surface area contributed by atoms with Crippen LogP contribution in [-0.2, 0) is 61.2 Å². The van der Waals surface area contributed by atoms with E-state index in [4.69, 9.17) is 42.2 Å². The van der Waals surface area contributed by atoms with Gasteiger partial charge in [0, 0.05) is 19.3 Å². The Kier molecular flexibility index (Phi) is 56.1. The zero-order valence-electron chi connectivity index (χ0n) is 64.6. The van der Waals surface area contributed by atoms with E-state index in [1.807, 2.05) is 0 Å². The number of aliphatic hydroxyl groups is 10. The van der Waals surface area contributed by atoms with Crippen LogP contribution >= 0.6 is 7.82 Å². The fourth-order valence-electron chi connectivity index (χ4n) is 14.1. The van der Waals surface area contributed by atoms with Crippen molar-refractivity contribution in [3.05, 3.63) is 0 Å². The Labute approximate surface area is 625 Å². The van der Waals surface area contributed by atoms with E-state index in [1.165, 1.54) is 205 Å². The van der Waals surface area contributed by atoms with Gasteiger partial charge in [0.15, 0.2) is 18.7 Å². The second-order valence-electron chi connectivity index (χ2n) is 30.2. The lowest BCUT2D eigenvalue weighted by Gasteiger charge is -2.49. The maximum Gasteiger partial charge on any atom is 0.472 e. The predicted octanol–water partition coefficient (Wildman–Crippen LogP) is 13.3. The second-order valence-corrected chi connectivity index (χ2v) is 31.6. The van der Waals surface area contributed by atoms with Gasteiger partial charge in [-0.3, -0.25) is 23.4 Å². The van der Waals surface area contributed by atoms with Crippen LogP contribution in [0.1, 0.15) is 355 Å². The minimum absolute atomic E-state index is 0.0326. The number of phosphoric ester groups is 1. The topological polar surface area (TPSA) is 374 Å². The number of ether oxygens (including phenoxy) is 7. The molecule has 3 rings (SSSR count). The number of carbonyl (C=O) groups excluding carboxylic acids is 3. The summed E-state index contributed by atoms with van der Waals surface area (Å²) >= 11 is 0. The number of carbonyl (C=O) groups is 3. The SMILES string of the molecule is CCCCCCCCCCCCCCCCCCCC(=O)OCC(COP(=O)(O)OC1C(OC2OC(CO)C(O)C(O)C2O)C(O)C(O)C(O)C1OC1OC(COC(=O)CCCCCCCCCCCCCCCCCCC)C(O)C(O)C1O)OC(=O)CCCCCCCCCCCCCCCCC. The molecule has 18 unspecified atom stereocenters. The summed E-state index contributed by atoms with van der Waals surface area (Å²) in [5, 5.41) is 110. The minimum atomic E-state index is -5.70. The molecule has 3 aliphatic rings. The largest absolute Gasteiger partial charge is 0.472 e. The first-order chi connectivity index (χ1) is 50.3. The Morgan fingerprint density at radius 2 is 0.615 bits per heavy atom. The van der Waals surface area contributed by atoms with E-state index < -0.39 is 156 Å². The van der Waals surface area contributed by atoms with Gasteiger partial charge < -0.3 is 89.1 Å². The van der Waals surface area contributed by atoms with Crippen LogP contribution < -0.4 is 0 Å². The van der Waals surface area contributed by atoms with Gasteiger partial charge in [0.1, 0.15) is 98.7 Å². The number of rotatable bonds is 67. The third-order valence-corrected chi connectivity index (χ3v) is 21.9. The lowest BCUT2D eigenvalue weighted by atomic mass is 9.84. The number of aliphatic hydroxyl groups excluding tert-OH is 10. The van der Waals surface area contributed by atoms with Crippen LogP contribution in [0.25, 0.3) is 0 Å². The van der Waals surface area contributed by atoms with E-state index >= 15 is 0 Å². The van der Waals surface area contributed by atoms with E-state index in [1.54, 1.807) is 0 Å². The fraction of sp³-hybridized carbons (Fsp3) is 0.962. The summed E-state index contributed by atoms with van der Waals surface area (Å²) in [5.74, 6) is -1.96. The maximum atomic E-state index is 14.4. The average molecular weight is 1510 g/mol. The summed E-state index contributed by atoms with van der Waals surface area (Å²) in [5.41, 5.74) is 0. The number of hydrogen-bond acceptors (Lipinski definition) is 23. The zero-order chi connectivity index (χ0) is 76.0. The molecule has 24 nitrogen and oxygen atoms in total. The van der Waals surface area contributed by atoms with Gasteiger partial charge in [0.05, 0.1) is 13.2 Å². The molecule has 0 spiro atoms. The zero-order valence-corrected chi connectivity index (χ0v) is 65.5. The van der Waals surface area contributed by atoms with Gasteiger partial charge in [0.25, 0.3) is 0 Å². The average Bonchev–Trinajstić information content (AvgIpc) is 0.761. The molecule has 0 radical (unpaired) electrons. The first-order valence-corrected chi connectivity index (χ1v) is 43.3. The van der Waals surface area contributed by atoms with E-state index in [-0.39, 0.29) is 19.3 Å².